The van der Waals surface area contributed by atoms with Crippen LogP contribution in [0.1, 0.15) is 155 Å². The zero-order valence-corrected chi connectivity index (χ0v) is 37.6. The number of unbranched alkanes of at least 4 members (excludes halogenated alkanes) is 8. The van der Waals surface area contributed by atoms with E-state index in [2.05, 4.69) is 126 Å². The van der Waals surface area contributed by atoms with Crippen molar-refractivity contribution >= 4 is 55.0 Å². The smallest absolute Gasteiger partial charge is 0.314 e. The number of rotatable bonds is 23. The molecule has 2 unspecified atom stereocenters. The van der Waals surface area contributed by atoms with Crippen molar-refractivity contribution in [2.45, 2.75) is 157 Å². The highest BCUT2D eigenvalue weighted by Gasteiger charge is 2.27. The SMILES string of the molecule is CCCCCCc1ccc2c(OC(=O)C(CC)CCCC)c3ccccc3c(-c3c4ccccc4c(OC(=O)C(CC)CCCC)c4ccc(CCCCCC)cc34)c2c1. The van der Waals surface area contributed by atoms with Crippen molar-refractivity contribution in [2.75, 3.05) is 0 Å². The zero-order chi connectivity index (χ0) is 42.4. The number of benzene rings is 6. The highest BCUT2D eigenvalue weighted by atomic mass is 16.5. The molecule has 0 spiro atoms. The molecule has 2 atom stereocenters. The molecule has 6 aromatic carbocycles. The van der Waals surface area contributed by atoms with Gasteiger partial charge in [-0.05, 0) is 95.2 Å². The van der Waals surface area contributed by atoms with Gasteiger partial charge < -0.3 is 9.47 Å². The summed E-state index contributed by atoms with van der Waals surface area (Å²) in [6.07, 6.45) is 18.7. The topological polar surface area (TPSA) is 52.6 Å². The minimum absolute atomic E-state index is 0.145. The van der Waals surface area contributed by atoms with E-state index in [-0.39, 0.29) is 23.8 Å². The molecule has 0 aromatic heterocycles. The summed E-state index contributed by atoms with van der Waals surface area (Å²) < 4.78 is 13.2. The summed E-state index contributed by atoms with van der Waals surface area (Å²) in [4.78, 5) is 28.1. The lowest BCUT2D eigenvalue weighted by Crippen LogP contribution is -2.20. The first-order chi connectivity index (χ1) is 29.4. The Bertz CT molecular complexity index is 2200. The predicted molar refractivity (Wildman–Crippen MR) is 255 cm³/mol. The van der Waals surface area contributed by atoms with Crippen LogP contribution in [0.5, 0.6) is 11.5 Å². The molecule has 0 heterocycles. The number of ether oxygens (including phenoxy) is 2. The van der Waals surface area contributed by atoms with E-state index < -0.39 is 0 Å². The maximum absolute atomic E-state index is 14.1. The molecule has 4 heteroatoms. The van der Waals surface area contributed by atoms with E-state index in [1.54, 1.807) is 0 Å². The van der Waals surface area contributed by atoms with Crippen LogP contribution >= 0.6 is 0 Å². The summed E-state index contributed by atoms with van der Waals surface area (Å²) in [6.45, 7) is 13.0. The van der Waals surface area contributed by atoms with E-state index in [0.29, 0.717) is 11.5 Å². The number of aryl methyl sites for hydroxylation is 2. The predicted octanol–water partition coefficient (Wildman–Crippen LogP) is 16.5. The summed E-state index contributed by atoms with van der Waals surface area (Å²) in [7, 11) is 0. The molecule has 0 N–H and O–H groups in total. The van der Waals surface area contributed by atoms with Gasteiger partial charge in [0.05, 0.1) is 11.8 Å². The lowest BCUT2D eigenvalue weighted by atomic mass is 9.84. The summed E-state index contributed by atoms with van der Waals surface area (Å²) in [6, 6.07) is 30.6. The van der Waals surface area contributed by atoms with E-state index in [0.717, 1.165) is 131 Å². The maximum Gasteiger partial charge on any atom is 0.314 e. The van der Waals surface area contributed by atoms with Crippen LogP contribution < -0.4 is 9.47 Å². The van der Waals surface area contributed by atoms with Gasteiger partial charge in [-0.3, -0.25) is 9.59 Å². The molecule has 0 aliphatic rings. The van der Waals surface area contributed by atoms with Crippen molar-refractivity contribution < 1.29 is 19.1 Å². The van der Waals surface area contributed by atoms with Crippen molar-refractivity contribution in [3.05, 3.63) is 96.1 Å². The quantitative estimate of drug-likeness (QED) is 0.0280. The Labute approximate surface area is 360 Å². The van der Waals surface area contributed by atoms with Crippen molar-refractivity contribution in [3.8, 4) is 22.6 Å². The third-order valence-corrected chi connectivity index (χ3v) is 12.8. The van der Waals surface area contributed by atoms with Gasteiger partial charge >= 0.3 is 11.9 Å². The summed E-state index contributed by atoms with van der Waals surface area (Å²) in [5.41, 5.74) is 4.83. The first-order valence-electron chi connectivity index (χ1n) is 23.8. The van der Waals surface area contributed by atoms with Gasteiger partial charge in [0.1, 0.15) is 11.5 Å². The van der Waals surface area contributed by atoms with Crippen LogP contribution in [0.15, 0.2) is 84.9 Å². The van der Waals surface area contributed by atoms with Crippen LogP contribution in [0.2, 0.25) is 0 Å². The second-order valence-corrected chi connectivity index (χ2v) is 17.2. The van der Waals surface area contributed by atoms with Crippen LogP contribution in [0, 0.1) is 11.8 Å². The third-order valence-electron chi connectivity index (χ3n) is 12.8. The van der Waals surface area contributed by atoms with Crippen LogP contribution in [0.4, 0.5) is 0 Å². The number of hydrogen-bond donors (Lipinski definition) is 0. The fraction of sp³-hybridized carbons (Fsp3) is 0.464. The molecule has 4 nitrogen and oxygen atoms in total. The highest BCUT2D eigenvalue weighted by Crippen LogP contribution is 2.50. The summed E-state index contributed by atoms with van der Waals surface area (Å²) >= 11 is 0. The largest absolute Gasteiger partial charge is 0.425 e. The van der Waals surface area contributed by atoms with Crippen LogP contribution in [0.25, 0.3) is 54.2 Å². The first kappa shape index (κ1) is 44.8. The van der Waals surface area contributed by atoms with Crippen LogP contribution in [0.3, 0.4) is 0 Å². The maximum atomic E-state index is 14.1. The van der Waals surface area contributed by atoms with E-state index in [9.17, 15) is 9.59 Å². The molecule has 0 aliphatic carbocycles. The Balaban J connectivity index is 1.68. The van der Waals surface area contributed by atoms with Gasteiger partial charge in [0.25, 0.3) is 0 Å². The number of carbonyl (C=O) groups excluding carboxylic acids is 2. The minimum atomic E-state index is -0.149. The molecule has 0 amide bonds. The lowest BCUT2D eigenvalue weighted by molar-refractivity contribution is -0.140. The molecule has 0 bridgehead atoms. The molecule has 6 aromatic rings. The fourth-order valence-electron chi connectivity index (χ4n) is 9.20. The normalized spacial score (nSPS) is 12.7. The van der Waals surface area contributed by atoms with Gasteiger partial charge in [0.15, 0.2) is 0 Å². The molecule has 0 aliphatic heterocycles. The number of carbonyl (C=O) groups is 2. The van der Waals surface area contributed by atoms with E-state index in [4.69, 9.17) is 9.47 Å². The van der Waals surface area contributed by atoms with Crippen molar-refractivity contribution in [3.63, 3.8) is 0 Å². The van der Waals surface area contributed by atoms with Crippen LogP contribution in [-0.2, 0) is 22.4 Å². The standard InChI is InChI=1S/C56H70O4/c1-7-13-17-19-25-39-33-35-47-49(37-39)51(43-29-21-23-31-45(43)53(47)59-55(57)41(11-5)27-15-9-3)52-44-30-22-24-32-46(44)54(60-56(58)42(12-6)28-16-10-4)48-36-34-40(38-50(48)52)26-20-18-14-8-2/h21-24,29-38,41-42H,7-20,25-28H2,1-6H3. The highest BCUT2D eigenvalue weighted by molar-refractivity contribution is 6.27. The number of fused-ring (bicyclic) bond motifs is 4. The second-order valence-electron chi connectivity index (χ2n) is 17.2. The minimum Gasteiger partial charge on any atom is -0.425 e. The molecule has 60 heavy (non-hydrogen) atoms. The molecule has 0 fully saturated rings. The van der Waals surface area contributed by atoms with E-state index in [1.165, 1.54) is 49.7 Å². The van der Waals surface area contributed by atoms with Gasteiger partial charge in [0, 0.05) is 21.5 Å². The van der Waals surface area contributed by atoms with Crippen LogP contribution in [-0.4, -0.2) is 11.9 Å². The van der Waals surface area contributed by atoms with Gasteiger partial charge in [-0.1, -0.05) is 191 Å². The van der Waals surface area contributed by atoms with E-state index in [1.807, 2.05) is 0 Å². The average Bonchev–Trinajstić information content (AvgIpc) is 3.27. The number of hydrogen-bond acceptors (Lipinski definition) is 4. The molecular weight excluding hydrogens is 737 g/mol. The molecular formula is C56H70O4. The fourth-order valence-corrected chi connectivity index (χ4v) is 9.20. The van der Waals surface area contributed by atoms with Gasteiger partial charge in [0.2, 0.25) is 0 Å². The molecule has 0 radical (unpaired) electrons. The summed E-state index contributed by atoms with van der Waals surface area (Å²) in [5.74, 6) is 0.709. The third kappa shape index (κ3) is 10.2. The Morgan fingerprint density at radius 3 is 1.15 bits per heavy atom. The van der Waals surface area contributed by atoms with Crippen molar-refractivity contribution in [2.24, 2.45) is 11.8 Å². The average molecular weight is 807 g/mol. The molecule has 318 valence electrons. The molecule has 0 saturated heterocycles. The van der Waals surface area contributed by atoms with Crippen molar-refractivity contribution in [1.29, 1.82) is 0 Å². The lowest BCUT2D eigenvalue weighted by Gasteiger charge is -2.23. The molecule has 6 rings (SSSR count). The van der Waals surface area contributed by atoms with Gasteiger partial charge in [-0.15, -0.1) is 0 Å². The van der Waals surface area contributed by atoms with Gasteiger partial charge in [-0.25, -0.2) is 0 Å². The van der Waals surface area contributed by atoms with Gasteiger partial charge in [-0.2, -0.15) is 0 Å². The Morgan fingerprint density at radius 2 is 0.783 bits per heavy atom. The second kappa shape index (κ2) is 22.2. The number of esters is 2. The first-order valence-corrected chi connectivity index (χ1v) is 23.8. The monoisotopic (exact) mass is 807 g/mol. The Morgan fingerprint density at radius 1 is 0.417 bits per heavy atom. The van der Waals surface area contributed by atoms with Crippen molar-refractivity contribution in [1.82, 2.24) is 0 Å². The summed E-state index contributed by atoms with van der Waals surface area (Å²) in [5, 5.41) is 8.02. The Hall–Kier alpha value is -4.70. The molecule has 0 saturated carbocycles. The van der Waals surface area contributed by atoms with E-state index >= 15 is 0 Å². The Kier molecular flexibility index (Phi) is 16.6. The zero-order valence-electron chi connectivity index (χ0n) is 37.6.